The first-order valence-corrected chi connectivity index (χ1v) is 5.03. The molecule has 5 nitrogen and oxygen atoms in total. The Balaban J connectivity index is 2.39. The molecular formula is C10H18O5. The van der Waals surface area contributed by atoms with Crippen LogP contribution in [0.5, 0.6) is 0 Å². The van der Waals surface area contributed by atoms with Crippen LogP contribution in [0.2, 0.25) is 0 Å². The lowest BCUT2D eigenvalue weighted by molar-refractivity contribution is -0.217. The van der Waals surface area contributed by atoms with Gasteiger partial charge >= 0.3 is 5.97 Å². The van der Waals surface area contributed by atoms with E-state index in [0.717, 1.165) is 0 Å². The van der Waals surface area contributed by atoms with E-state index in [0.29, 0.717) is 13.0 Å². The van der Waals surface area contributed by atoms with Crippen LogP contribution in [0.4, 0.5) is 0 Å². The molecule has 0 aromatic rings. The Bertz CT molecular complexity index is 220. The average Bonchev–Trinajstić information content (AvgIpc) is 2.45. The van der Waals surface area contributed by atoms with Crippen LogP contribution in [-0.4, -0.2) is 42.3 Å². The normalized spacial score (nSPS) is 26.7. The molecule has 0 bridgehead atoms. The molecule has 1 rings (SSSR count). The van der Waals surface area contributed by atoms with Crippen LogP contribution in [0.25, 0.3) is 0 Å². The Kier molecular flexibility index (Phi) is 4.07. The average molecular weight is 218 g/mol. The molecule has 2 atom stereocenters. The van der Waals surface area contributed by atoms with Crippen molar-refractivity contribution in [3.63, 3.8) is 0 Å². The summed E-state index contributed by atoms with van der Waals surface area (Å²) in [6, 6.07) is 0. The van der Waals surface area contributed by atoms with Gasteiger partial charge in [-0.2, -0.15) is 0 Å². The third kappa shape index (κ3) is 4.59. The number of aliphatic hydroxyl groups is 1. The van der Waals surface area contributed by atoms with Gasteiger partial charge in [-0.1, -0.05) is 0 Å². The van der Waals surface area contributed by atoms with E-state index in [-0.39, 0.29) is 24.8 Å². The third-order valence-corrected chi connectivity index (χ3v) is 2.04. The Morgan fingerprint density at radius 2 is 2.27 bits per heavy atom. The van der Waals surface area contributed by atoms with Crippen LogP contribution in [0, 0.1) is 0 Å². The first-order chi connectivity index (χ1) is 6.88. The molecule has 0 aromatic carbocycles. The van der Waals surface area contributed by atoms with Crippen LogP contribution < -0.4 is 0 Å². The van der Waals surface area contributed by atoms with E-state index in [1.54, 1.807) is 13.8 Å². The summed E-state index contributed by atoms with van der Waals surface area (Å²) in [6.45, 7) is 5.21. The zero-order valence-electron chi connectivity index (χ0n) is 9.36. The Hall–Kier alpha value is -0.650. The van der Waals surface area contributed by atoms with E-state index in [9.17, 15) is 9.90 Å². The van der Waals surface area contributed by atoms with Gasteiger partial charge in [-0.15, -0.1) is 0 Å². The van der Waals surface area contributed by atoms with Crippen LogP contribution in [0.1, 0.15) is 27.2 Å². The maximum absolute atomic E-state index is 10.6. The van der Waals surface area contributed by atoms with Crippen molar-refractivity contribution in [3.05, 3.63) is 0 Å². The number of hydrogen-bond acceptors (Lipinski definition) is 5. The Morgan fingerprint density at radius 3 is 2.80 bits per heavy atom. The van der Waals surface area contributed by atoms with Gasteiger partial charge in [-0.3, -0.25) is 4.79 Å². The SMILES string of the molecule is CC(=O)OC[C@H]1OCC[C@@H]1OC(C)(C)O. The Morgan fingerprint density at radius 1 is 1.60 bits per heavy atom. The number of esters is 1. The van der Waals surface area contributed by atoms with Crippen LogP contribution in [0.3, 0.4) is 0 Å². The van der Waals surface area contributed by atoms with Crippen molar-refractivity contribution in [2.75, 3.05) is 13.2 Å². The van der Waals surface area contributed by atoms with E-state index >= 15 is 0 Å². The number of carbonyl (C=O) groups excluding carboxylic acids is 1. The largest absolute Gasteiger partial charge is 0.463 e. The molecule has 0 aliphatic carbocycles. The molecule has 5 heteroatoms. The smallest absolute Gasteiger partial charge is 0.302 e. The molecule has 1 aliphatic heterocycles. The van der Waals surface area contributed by atoms with Gasteiger partial charge < -0.3 is 19.3 Å². The maximum atomic E-state index is 10.6. The molecule has 1 fully saturated rings. The van der Waals surface area contributed by atoms with Crippen LogP contribution in [-0.2, 0) is 19.0 Å². The van der Waals surface area contributed by atoms with Gasteiger partial charge in [0, 0.05) is 13.5 Å². The molecule has 1 heterocycles. The molecule has 0 saturated carbocycles. The molecule has 0 aromatic heterocycles. The summed E-state index contributed by atoms with van der Waals surface area (Å²) >= 11 is 0. The number of ether oxygens (including phenoxy) is 3. The zero-order chi connectivity index (χ0) is 11.5. The Labute approximate surface area is 89.3 Å². The quantitative estimate of drug-likeness (QED) is 0.548. The lowest BCUT2D eigenvalue weighted by atomic mass is 10.2. The molecule has 0 amide bonds. The lowest BCUT2D eigenvalue weighted by Crippen LogP contribution is -2.37. The fourth-order valence-electron chi connectivity index (χ4n) is 1.49. The molecule has 0 radical (unpaired) electrons. The van der Waals surface area contributed by atoms with Gasteiger partial charge in [0.25, 0.3) is 0 Å². The van der Waals surface area contributed by atoms with Crippen molar-refractivity contribution in [1.29, 1.82) is 0 Å². The summed E-state index contributed by atoms with van der Waals surface area (Å²) < 4.78 is 15.6. The molecule has 0 spiro atoms. The number of rotatable bonds is 4. The van der Waals surface area contributed by atoms with Crippen molar-refractivity contribution >= 4 is 5.97 Å². The summed E-state index contributed by atoms with van der Waals surface area (Å²) in [7, 11) is 0. The van der Waals surface area contributed by atoms with Crippen molar-refractivity contribution in [1.82, 2.24) is 0 Å². The topological polar surface area (TPSA) is 65.0 Å². The molecule has 15 heavy (non-hydrogen) atoms. The fourth-order valence-corrected chi connectivity index (χ4v) is 1.49. The highest BCUT2D eigenvalue weighted by Gasteiger charge is 2.33. The minimum absolute atomic E-state index is 0.177. The predicted octanol–water partition coefficient (Wildman–Crippen LogP) is 0.452. The fraction of sp³-hybridized carbons (Fsp3) is 0.900. The highest BCUT2D eigenvalue weighted by atomic mass is 16.7. The van der Waals surface area contributed by atoms with E-state index in [1.807, 2.05) is 0 Å². The van der Waals surface area contributed by atoms with Crippen LogP contribution >= 0.6 is 0 Å². The summed E-state index contributed by atoms with van der Waals surface area (Å²) in [5.74, 6) is -1.53. The second kappa shape index (κ2) is 4.92. The third-order valence-electron chi connectivity index (χ3n) is 2.04. The van der Waals surface area contributed by atoms with Crippen molar-refractivity contribution in [2.45, 2.75) is 45.2 Å². The van der Waals surface area contributed by atoms with Crippen molar-refractivity contribution < 1.29 is 24.1 Å². The van der Waals surface area contributed by atoms with E-state index in [2.05, 4.69) is 0 Å². The van der Waals surface area contributed by atoms with E-state index in [4.69, 9.17) is 14.2 Å². The monoisotopic (exact) mass is 218 g/mol. The number of hydrogen-bond donors (Lipinski definition) is 1. The molecule has 1 saturated heterocycles. The summed E-state index contributed by atoms with van der Waals surface area (Å²) in [5.41, 5.74) is 0. The van der Waals surface area contributed by atoms with Gasteiger partial charge in [-0.05, 0) is 20.3 Å². The first kappa shape index (κ1) is 12.4. The minimum Gasteiger partial charge on any atom is -0.463 e. The minimum atomic E-state index is -1.19. The highest BCUT2D eigenvalue weighted by Crippen LogP contribution is 2.21. The second-order valence-corrected chi connectivity index (χ2v) is 4.10. The summed E-state index contributed by atoms with van der Waals surface area (Å²) in [4.78, 5) is 10.6. The molecule has 1 N–H and O–H groups in total. The summed E-state index contributed by atoms with van der Waals surface area (Å²) in [5, 5.41) is 9.49. The maximum Gasteiger partial charge on any atom is 0.302 e. The van der Waals surface area contributed by atoms with E-state index < -0.39 is 5.79 Å². The number of carbonyl (C=O) groups is 1. The molecule has 1 aliphatic rings. The van der Waals surface area contributed by atoms with Gasteiger partial charge in [0.2, 0.25) is 0 Å². The summed E-state index contributed by atoms with van der Waals surface area (Å²) in [6.07, 6.45) is 0.209. The van der Waals surface area contributed by atoms with E-state index in [1.165, 1.54) is 6.92 Å². The van der Waals surface area contributed by atoms with Gasteiger partial charge in [0.1, 0.15) is 12.7 Å². The predicted molar refractivity (Wildman–Crippen MR) is 52.2 cm³/mol. The second-order valence-electron chi connectivity index (χ2n) is 4.10. The van der Waals surface area contributed by atoms with Gasteiger partial charge in [0.15, 0.2) is 5.79 Å². The van der Waals surface area contributed by atoms with Crippen molar-refractivity contribution in [3.8, 4) is 0 Å². The van der Waals surface area contributed by atoms with Crippen molar-refractivity contribution in [2.24, 2.45) is 0 Å². The standard InChI is InChI=1S/C10H18O5/c1-7(11)14-6-9-8(4-5-13-9)15-10(2,3)12/h8-9,12H,4-6H2,1-3H3/t8-,9+/m0/s1. The highest BCUT2D eigenvalue weighted by molar-refractivity contribution is 5.65. The molecule has 0 unspecified atom stereocenters. The van der Waals surface area contributed by atoms with Crippen LogP contribution in [0.15, 0.2) is 0 Å². The van der Waals surface area contributed by atoms with Gasteiger partial charge in [-0.25, -0.2) is 0 Å². The lowest BCUT2D eigenvalue weighted by Gasteiger charge is -2.26. The van der Waals surface area contributed by atoms with Gasteiger partial charge in [0.05, 0.1) is 6.10 Å². The molecule has 88 valence electrons. The zero-order valence-corrected chi connectivity index (χ0v) is 9.36. The molecular weight excluding hydrogens is 200 g/mol. The first-order valence-electron chi connectivity index (χ1n) is 5.03.